The van der Waals surface area contributed by atoms with Crippen LogP contribution in [0.3, 0.4) is 0 Å². The topological polar surface area (TPSA) is 70.9 Å². The fourth-order valence-electron chi connectivity index (χ4n) is 1.56. The molecular formula is C15H14N2O3. The van der Waals surface area contributed by atoms with E-state index in [1.807, 2.05) is 0 Å². The number of ether oxygens (including phenoxy) is 1. The minimum Gasteiger partial charge on any atom is -0.507 e. The van der Waals surface area contributed by atoms with Gasteiger partial charge in [-0.1, -0.05) is 12.1 Å². The Labute approximate surface area is 116 Å². The lowest BCUT2D eigenvalue weighted by atomic mass is 10.2. The lowest BCUT2D eigenvalue weighted by Gasteiger charge is -2.02. The van der Waals surface area contributed by atoms with Gasteiger partial charge in [-0.3, -0.25) is 4.79 Å². The van der Waals surface area contributed by atoms with Gasteiger partial charge in [-0.25, -0.2) is 5.43 Å². The smallest absolute Gasteiger partial charge is 0.271 e. The van der Waals surface area contributed by atoms with Crippen LogP contribution in [0.15, 0.2) is 53.6 Å². The molecule has 0 bridgehead atoms. The molecule has 20 heavy (non-hydrogen) atoms. The highest BCUT2D eigenvalue weighted by atomic mass is 16.5. The number of amides is 1. The van der Waals surface area contributed by atoms with Gasteiger partial charge in [0.2, 0.25) is 0 Å². The van der Waals surface area contributed by atoms with Crippen molar-refractivity contribution in [3.8, 4) is 11.5 Å². The molecule has 2 N–H and O–H groups in total. The zero-order valence-electron chi connectivity index (χ0n) is 10.9. The highest BCUT2D eigenvalue weighted by Gasteiger charge is 2.04. The zero-order valence-corrected chi connectivity index (χ0v) is 10.9. The van der Waals surface area contributed by atoms with Gasteiger partial charge in [-0.15, -0.1) is 0 Å². The van der Waals surface area contributed by atoms with E-state index in [0.29, 0.717) is 16.9 Å². The van der Waals surface area contributed by atoms with Crippen LogP contribution in [0.25, 0.3) is 0 Å². The molecule has 0 saturated carbocycles. The van der Waals surface area contributed by atoms with Crippen molar-refractivity contribution in [1.82, 2.24) is 5.43 Å². The SMILES string of the molecule is COc1ccc(C(=O)N/N=C\c2ccccc2O)cc1. The van der Waals surface area contributed by atoms with E-state index in [0.717, 1.165) is 0 Å². The molecule has 0 fully saturated rings. The van der Waals surface area contributed by atoms with Crippen molar-refractivity contribution >= 4 is 12.1 Å². The van der Waals surface area contributed by atoms with E-state index in [4.69, 9.17) is 4.74 Å². The Balaban J connectivity index is 1.99. The summed E-state index contributed by atoms with van der Waals surface area (Å²) >= 11 is 0. The standard InChI is InChI=1S/C15H14N2O3/c1-20-13-8-6-11(7-9-13)15(19)17-16-10-12-4-2-3-5-14(12)18/h2-10,18H,1H3,(H,17,19)/b16-10-. The first-order valence-corrected chi connectivity index (χ1v) is 5.96. The summed E-state index contributed by atoms with van der Waals surface area (Å²) in [6.45, 7) is 0. The molecule has 102 valence electrons. The van der Waals surface area contributed by atoms with Gasteiger partial charge >= 0.3 is 0 Å². The van der Waals surface area contributed by atoms with Crippen molar-refractivity contribution in [1.29, 1.82) is 0 Å². The molecule has 0 saturated heterocycles. The van der Waals surface area contributed by atoms with Gasteiger partial charge in [-0.2, -0.15) is 5.10 Å². The summed E-state index contributed by atoms with van der Waals surface area (Å²) in [5.74, 6) is 0.452. The molecule has 1 amide bonds. The third-order valence-electron chi connectivity index (χ3n) is 2.66. The van der Waals surface area contributed by atoms with Gasteiger partial charge < -0.3 is 9.84 Å². The maximum atomic E-state index is 11.8. The molecular weight excluding hydrogens is 256 g/mol. The number of para-hydroxylation sites is 1. The molecule has 5 heteroatoms. The number of rotatable bonds is 4. The van der Waals surface area contributed by atoms with E-state index in [-0.39, 0.29) is 11.7 Å². The maximum absolute atomic E-state index is 11.8. The molecule has 0 aliphatic heterocycles. The molecule has 0 unspecified atom stereocenters. The number of methoxy groups -OCH3 is 1. The first kappa shape index (κ1) is 13.6. The first-order chi connectivity index (χ1) is 9.70. The predicted molar refractivity (Wildman–Crippen MR) is 76.2 cm³/mol. The highest BCUT2D eigenvalue weighted by molar-refractivity contribution is 5.95. The van der Waals surface area contributed by atoms with Crippen LogP contribution in [0.2, 0.25) is 0 Å². The van der Waals surface area contributed by atoms with Gasteiger partial charge in [0.05, 0.1) is 13.3 Å². The number of carbonyl (C=O) groups excluding carboxylic acids is 1. The zero-order chi connectivity index (χ0) is 14.4. The van der Waals surface area contributed by atoms with E-state index >= 15 is 0 Å². The predicted octanol–water partition coefficient (Wildman–Crippen LogP) is 2.16. The Kier molecular flexibility index (Phi) is 4.34. The van der Waals surface area contributed by atoms with E-state index in [2.05, 4.69) is 10.5 Å². The quantitative estimate of drug-likeness (QED) is 0.660. The number of nitrogens with zero attached hydrogens (tertiary/aromatic N) is 1. The Morgan fingerprint density at radius 1 is 1.20 bits per heavy atom. The van der Waals surface area contributed by atoms with Crippen LogP contribution in [0.4, 0.5) is 0 Å². The summed E-state index contributed by atoms with van der Waals surface area (Å²) in [6.07, 6.45) is 1.39. The minimum atomic E-state index is -0.334. The van der Waals surface area contributed by atoms with E-state index < -0.39 is 0 Å². The van der Waals surface area contributed by atoms with Crippen LogP contribution in [0.1, 0.15) is 15.9 Å². The highest BCUT2D eigenvalue weighted by Crippen LogP contribution is 2.13. The van der Waals surface area contributed by atoms with Crippen LogP contribution < -0.4 is 10.2 Å². The lowest BCUT2D eigenvalue weighted by Crippen LogP contribution is -2.17. The minimum absolute atomic E-state index is 0.106. The average molecular weight is 270 g/mol. The largest absolute Gasteiger partial charge is 0.507 e. The van der Waals surface area contributed by atoms with Gasteiger partial charge in [-0.05, 0) is 36.4 Å². The summed E-state index contributed by atoms with van der Waals surface area (Å²) < 4.78 is 5.01. The Hall–Kier alpha value is -2.82. The number of carbonyl (C=O) groups is 1. The monoisotopic (exact) mass is 270 g/mol. The third kappa shape index (κ3) is 3.35. The summed E-state index contributed by atoms with van der Waals surface area (Å²) in [5.41, 5.74) is 3.39. The molecule has 0 aliphatic carbocycles. The Morgan fingerprint density at radius 3 is 2.55 bits per heavy atom. The fraction of sp³-hybridized carbons (Fsp3) is 0.0667. The molecule has 2 aromatic carbocycles. The van der Waals surface area contributed by atoms with E-state index in [1.54, 1.807) is 55.6 Å². The normalized spacial score (nSPS) is 10.4. The van der Waals surface area contributed by atoms with Crippen molar-refractivity contribution in [3.63, 3.8) is 0 Å². The van der Waals surface area contributed by atoms with E-state index in [1.165, 1.54) is 6.21 Å². The molecule has 0 spiro atoms. The lowest BCUT2D eigenvalue weighted by molar-refractivity contribution is 0.0955. The summed E-state index contributed by atoms with van der Waals surface area (Å²) in [5, 5.41) is 13.3. The van der Waals surface area contributed by atoms with Crippen molar-refractivity contribution in [2.75, 3.05) is 7.11 Å². The van der Waals surface area contributed by atoms with Crippen LogP contribution in [-0.4, -0.2) is 24.3 Å². The van der Waals surface area contributed by atoms with Crippen LogP contribution in [0, 0.1) is 0 Å². The van der Waals surface area contributed by atoms with Crippen molar-refractivity contribution in [2.24, 2.45) is 5.10 Å². The van der Waals surface area contributed by atoms with Crippen LogP contribution in [-0.2, 0) is 0 Å². The first-order valence-electron chi connectivity index (χ1n) is 5.96. The van der Waals surface area contributed by atoms with Crippen molar-refractivity contribution < 1.29 is 14.6 Å². The molecule has 5 nitrogen and oxygen atoms in total. The second kappa shape index (κ2) is 6.38. The van der Waals surface area contributed by atoms with Gasteiger partial charge in [0.1, 0.15) is 11.5 Å². The second-order valence-electron chi connectivity index (χ2n) is 3.99. The molecule has 2 rings (SSSR count). The number of hydrogen-bond acceptors (Lipinski definition) is 4. The summed E-state index contributed by atoms with van der Waals surface area (Å²) in [6, 6.07) is 13.4. The molecule has 2 aromatic rings. The Bertz CT molecular complexity index is 621. The number of aromatic hydroxyl groups is 1. The second-order valence-corrected chi connectivity index (χ2v) is 3.99. The van der Waals surface area contributed by atoms with Gasteiger partial charge in [0, 0.05) is 11.1 Å². The van der Waals surface area contributed by atoms with Crippen molar-refractivity contribution in [2.45, 2.75) is 0 Å². The number of phenolic OH excluding ortho intramolecular Hbond substituents is 1. The fourth-order valence-corrected chi connectivity index (χ4v) is 1.56. The third-order valence-corrected chi connectivity index (χ3v) is 2.66. The van der Waals surface area contributed by atoms with Gasteiger partial charge in [0.15, 0.2) is 0 Å². The maximum Gasteiger partial charge on any atom is 0.271 e. The number of nitrogens with one attached hydrogen (secondary N) is 1. The number of hydrazone groups is 1. The number of phenols is 1. The Morgan fingerprint density at radius 2 is 1.90 bits per heavy atom. The summed E-state index contributed by atoms with van der Waals surface area (Å²) in [4.78, 5) is 11.8. The van der Waals surface area contributed by atoms with Crippen LogP contribution in [0.5, 0.6) is 11.5 Å². The summed E-state index contributed by atoms with van der Waals surface area (Å²) in [7, 11) is 1.56. The number of hydrogen-bond donors (Lipinski definition) is 2. The van der Waals surface area contributed by atoms with E-state index in [9.17, 15) is 9.90 Å². The molecule has 0 aromatic heterocycles. The molecule has 0 atom stereocenters. The molecule has 0 heterocycles. The van der Waals surface area contributed by atoms with Crippen molar-refractivity contribution in [3.05, 3.63) is 59.7 Å². The average Bonchev–Trinajstić information content (AvgIpc) is 2.49. The number of benzene rings is 2. The molecule has 0 aliphatic rings. The van der Waals surface area contributed by atoms with Crippen LogP contribution >= 0.6 is 0 Å². The molecule has 0 radical (unpaired) electrons. The van der Waals surface area contributed by atoms with Gasteiger partial charge in [0.25, 0.3) is 5.91 Å².